The third-order valence-electron chi connectivity index (χ3n) is 6.06. The summed E-state index contributed by atoms with van der Waals surface area (Å²) < 4.78 is 11.6. The van der Waals surface area contributed by atoms with Crippen molar-refractivity contribution >= 4 is 23.2 Å². The number of hydrogen-bond acceptors (Lipinski definition) is 6. The van der Waals surface area contributed by atoms with Crippen LogP contribution in [0.4, 0.5) is 11.4 Å². The standard InChI is InChI=1S/C22H20N2O6/c1-11-5-12(2)7-15(6-11)29-16-9-13(8-14(10-16)24(27)28)23-21(25)19-17-3-4-18(30-17)20(19)22(23)26/h5-10,17-20H,3-4H2,1-2H3/t17-,18+,19-,20-/m0/s1. The number of ether oxygens (including phenoxy) is 2. The number of aryl methyl sites for hydroxylation is 2. The van der Waals surface area contributed by atoms with Crippen molar-refractivity contribution in [3.8, 4) is 11.5 Å². The fraction of sp³-hybridized carbons (Fsp3) is 0.364. The number of carbonyl (C=O) groups is 2. The van der Waals surface area contributed by atoms with Gasteiger partial charge in [0, 0.05) is 12.1 Å². The van der Waals surface area contributed by atoms with E-state index in [1.807, 2.05) is 32.0 Å². The third kappa shape index (κ3) is 2.87. The first kappa shape index (κ1) is 18.7. The maximum atomic E-state index is 13.0. The van der Waals surface area contributed by atoms with Crippen LogP contribution in [0.25, 0.3) is 0 Å². The van der Waals surface area contributed by atoms with Crippen LogP contribution in [0.3, 0.4) is 0 Å². The Labute approximate surface area is 172 Å². The highest BCUT2D eigenvalue weighted by molar-refractivity contribution is 6.23. The first-order chi connectivity index (χ1) is 14.3. The molecule has 2 amide bonds. The minimum absolute atomic E-state index is 0.160. The molecular weight excluding hydrogens is 388 g/mol. The summed E-state index contributed by atoms with van der Waals surface area (Å²) in [5, 5.41) is 11.5. The number of nitro groups is 1. The molecule has 0 unspecified atom stereocenters. The Kier molecular flexibility index (Phi) is 4.14. The number of benzene rings is 2. The minimum atomic E-state index is -0.559. The molecule has 3 heterocycles. The topological polar surface area (TPSA) is 99.0 Å². The number of anilines is 1. The molecule has 0 spiro atoms. The van der Waals surface area contributed by atoms with Crippen molar-refractivity contribution in [3.05, 3.63) is 57.6 Å². The highest BCUT2D eigenvalue weighted by atomic mass is 16.6. The Balaban J connectivity index is 1.53. The van der Waals surface area contributed by atoms with Crippen molar-refractivity contribution in [2.45, 2.75) is 38.9 Å². The molecule has 3 aliphatic rings. The maximum absolute atomic E-state index is 13.0. The monoisotopic (exact) mass is 408 g/mol. The molecule has 3 saturated heterocycles. The van der Waals surface area contributed by atoms with Crippen molar-refractivity contribution in [2.75, 3.05) is 4.90 Å². The van der Waals surface area contributed by atoms with Crippen LogP contribution in [0, 0.1) is 35.8 Å². The predicted molar refractivity (Wildman–Crippen MR) is 106 cm³/mol. The number of carbonyl (C=O) groups excluding carboxylic acids is 2. The van der Waals surface area contributed by atoms with E-state index < -0.39 is 16.8 Å². The quantitative estimate of drug-likeness (QED) is 0.435. The fourth-order valence-corrected chi connectivity index (χ4v) is 4.96. The highest BCUT2D eigenvalue weighted by Gasteiger charge is 2.62. The summed E-state index contributed by atoms with van der Waals surface area (Å²) in [6.45, 7) is 3.85. The zero-order valence-electron chi connectivity index (χ0n) is 16.5. The van der Waals surface area contributed by atoms with E-state index >= 15 is 0 Å². The number of amides is 2. The van der Waals surface area contributed by atoms with Gasteiger partial charge in [-0.2, -0.15) is 0 Å². The number of hydrogen-bond donors (Lipinski definition) is 0. The van der Waals surface area contributed by atoms with E-state index in [4.69, 9.17) is 9.47 Å². The van der Waals surface area contributed by atoms with Gasteiger partial charge in [0.1, 0.15) is 11.5 Å². The van der Waals surface area contributed by atoms with Gasteiger partial charge in [0.25, 0.3) is 5.69 Å². The largest absolute Gasteiger partial charge is 0.457 e. The molecule has 0 radical (unpaired) electrons. The SMILES string of the molecule is Cc1cc(C)cc(Oc2cc(N3C(=O)[C@@H]4[C@@H](C3=O)[C@H]3CC[C@@H]4O3)cc([N+](=O)[O-])c2)c1. The van der Waals surface area contributed by atoms with Crippen molar-refractivity contribution in [1.29, 1.82) is 0 Å². The Morgan fingerprint density at radius 2 is 1.50 bits per heavy atom. The lowest BCUT2D eigenvalue weighted by Gasteiger charge is -2.18. The highest BCUT2D eigenvalue weighted by Crippen LogP contribution is 2.50. The number of imide groups is 1. The van der Waals surface area contributed by atoms with Gasteiger partial charge < -0.3 is 9.47 Å². The van der Waals surface area contributed by atoms with Crippen LogP contribution < -0.4 is 9.64 Å². The summed E-state index contributed by atoms with van der Waals surface area (Å²) in [6.07, 6.45) is 1.03. The maximum Gasteiger partial charge on any atom is 0.275 e. The molecule has 4 atom stereocenters. The zero-order valence-corrected chi connectivity index (χ0v) is 16.5. The van der Waals surface area contributed by atoms with Gasteiger partial charge >= 0.3 is 0 Å². The normalized spacial score (nSPS) is 26.9. The van der Waals surface area contributed by atoms with E-state index in [9.17, 15) is 19.7 Å². The third-order valence-corrected chi connectivity index (χ3v) is 6.06. The van der Waals surface area contributed by atoms with Gasteiger partial charge in [-0.3, -0.25) is 19.7 Å². The lowest BCUT2D eigenvalue weighted by atomic mass is 9.81. The molecule has 0 N–H and O–H groups in total. The molecule has 2 bridgehead atoms. The molecular formula is C22H20N2O6. The number of nitrogens with zero attached hydrogens (tertiary/aromatic N) is 2. The summed E-state index contributed by atoms with van der Waals surface area (Å²) in [4.78, 5) is 38.1. The van der Waals surface area contributed by atoms with Crippen molar-refractivity contribution in [2.24, 2.45) is 11.8 Å². The molecule has 5 rings (SSSR count). The summed E-state index contributed by atoms with van der Waals surface area (Å²) in [7, 11) is 0. The minimum Gasteiger partial charge on any atom is -0.457 e. The van der Waals surface area contributed by atoms with Crippen molar-refractivity contribution < 1.29 is 24.0 Å². The Morgan fingerprint density at radius 1 is 0.933 bits per heavy atom. The van der Waals surface area contributed by atoms with E-state index in [0.717, 1.165) is 28.9 Å². The van der Waals surface area contributed by atoms with Crippen LogP contribution in [0.15, 0.2) is 36.4 Å². The number of non-ortho nitro benzene ring substituents is 1. The summed E-state index contributed by atoms with van der Waals surface area (Å²) in [5.74, 6) is -0.980. The number of rotatable bonds is 4. The van der Waals surface area contributed by atoms with Gasteiger partial charge in [0.15, 0.2) is 0 Å². The van der Waals surface area contributed by atoms with Gasteiger partial charge in [0.05, 0.1) is 40.7 Å². The average Bonchev–Trinajstić information content (AvgIpc) is 3.34. The Bertz CT molecular complexity index is 1050. The molecule has 3 fully saturated rings. The molecule has 8 nitrogen and oxygen atoms in total. The van der Waals surface area contributed by atoms with Crippen LogP contribution in [-0.4, -0.2) is 28.9 Å². The second-order valence-electron chi connectivity index (χ2n) is 8.22. The van der Waals surface area contributed by atoms with E-state index in [-0.39, 0.29) is 41.1 Å². The first-order valence-electron chi connectivity index (χ1n) is 9.91. The fourth-order valence-electron chi connectivity index (χ4n) is 4.96. The summed E-state index contributed by atoms with van der Waals surface area (Å²) >= 11 is 0. The molecule has 8 heteroatoms. The van der Waals surface area contributed by atoms with E-state index in [0.29, 0.717) is 5.75 Å². The first-order valence-corrected chi connectivity index (χ1v) is 9.91. The smallest absolute Gasteiger partial charge is 0.275 e. The molecule has 0 aliphatic carbocycles. The van der Waals surface area contributed by atoms with Gasteiger partial charge in [-0.15, -0.1) is 0 Å². The molecule has 2 aromatic rings. The van der Waals surface area contributed by atoms with Crippen molar-refractivity contribution in [3.63, 3.8) is 0 Å². The second kappa shape index (κ2) is 6.63. The van der Waals surface area contributed by atoms with Crippen LogP contribution in [-0.2, 0) is 14.3 Å². The zero-order chi connectivity index (χ0) is 21.2. The van der Waals surface area contributed by atoms with E-state index in [1.54, 1.807) is 0 Å². The summed E-state index contributed by atoms with van der Waals surface area (Å²) in [6, 6.07) is 9.66. The predicted octanol–water partition coefficient (Wildman–Crippen LogP) is 3.67. The van der Waals surface area contributed by atoms with Gasteiger partial charge in [-0.05, 0) is 49.9 Å². The van der Waals surface area contributed by atoms with Crippen LogP contribution in [0.5, 0.6) is 11.5 Å². The summed E-state index contributed by atoms with van der Waals surface area (Å²) in [5.41, 5.74) is 1.89. The number of fused-ring (bicyclic) bond motifs is 5. The molecule has 2 aromatic carbocycles. The van der Waals surface area contributed by atoms with Gasteiger partial charge in [-0.25, -0.2) is 4.90 Å². The van der Waals surface area contributed by atoms with Crippen LogP contribution in [0.1, 0.15) is 24.0 Å². The average molecular weight is 408 g/mol. The van der Waals surface area contributed by atoms with E-state index in [1.165, 1.54) is 18.2 Å². The molecule has 0 saturated carbocycles. The molecule has 30 heavy (non-hydrogen) atoms. The molecule has 154 valence electrons. The Hall–Kier alpha value is -3.26. The van der Waals surface area contributed by atoms with Gasteiger partial charge in [-0.1, -0.05) is 6.07 Å². The van der Waals surface area contributed by atoms with Crippen molar-refractivity contribution in [1.82, 2.24) is 0 Å². The lowest BCUT2D eigenvalue weighted by molar-refractivity contribution is -0.384. The van der Waals surface area contributed by atoms with Crippen LogP contribution >= 0.6 is 0 Å². The van der Waals surface area contributed by atoms with Gasteiger partial charge in [0.2, 0.25) is 11.8 Å². The number of nitro benzene ring substituents is 1. The Morgan fingerprint density at radius 3 is 2.07 bits per heavy atom. The van der Waals surface area contributed by atoms with Crippen LogP contribution in [0.2, 0.25) is 0 Å². The van der Waals surface area contributed by atoms with E-state index in [2.05, 4.69) is 0 Å². The molecule has 0 aromatic heterocycles. The molecule has 3 aliphatic heterocycles. The second-order valence-corrected chi connectivity index (χ2v) is 8.22. The lowest BCUT2D eigenvalue weighted by Crippen LogP contribution is -2.34.